The number of fused-ring (bicyclic) bond motifs is 2. The van der Waals surface area contributed by atoms with Crippen LogP contribution in [-0.4, -0.2) is 42.3 Å². The average molecular weight is 643 g/mol. The highest BCUT2D eigenvalue weighted by atomic mass is 16.6. The maximum Gasteiger partial charge on any atom is 0.424 e. The topological polar surface area (TPSA) is 102 Å². The van der Waals surface area contributed by atoms with Crippen LogP contribution in [-0.2, 0) is 9.47 Å². The molecule has 1 aliphatic heterocycles. The molecule has 0 aromatic heterocycles. The van der Waals surface area contributed by atoms with Gasteiger partial charge in [0.05, 0.1) is 18.5 Å². The fourth-order valence-corrected chi connectivity index (χ4v) is 6.52. The average Bonchev–Trinajstić information content (AvgIpc) is 3.02. The van der Waals surface area contributed by atoms with E-state index in [4.69, 9.17) is 14.2 Å². The quantitative estimate of drug-likeness (QED) is 0.108. The van der Waals surface area contributed by atoms with E-state index in [-0.39, 0.29) is 0 Å². The predicted molar refractivity (Wildman–Crippen MR) is 187 cm³/mol. The lowest BCUT2D eigenvalue weighted by atomic mass is 9.84. The number of anilines is 2. The van der Waals surface area contributed by atoms with E-state index in [1.165, 1.54) is 4.90 Å². The first-order valence-corrected chi connectivity index (χ1v) is 15.6. The van der Waals surface area contributed by atoms with E-state index >= 15 is 0 Å². The van der Waals surface area contributed by atoms with Crippen LogP contribution < -0.4 is 14.5 Å². The van der Waals surface area contributed by atoms with E-state index in [9.17, 15) is 19.2 Å². The van der Waals surface area contributed by atoms with Gasteiger partial charge in [0, 0.05) is 21.9 Å². The minimum atomic E-state index is -0.865. The van der Waals surface area contributed by atoms with E-state index in [1.54, 1.807) is 91.1 Å². The van der Waals surface area contributed by atoms with Crippen molar-refractivity contribution in [2.24, 2.45) is 0 Å². The van der Waals surface area contributed by atoms with Crippen molar-refractivity contribution in [2.45, 2.75) is 52.7 Å². The number of amides is 4. The largest absolute Gasteiger partial charge is 0.497 e. The van der Waals surface area contributed by atoms with Crippen molar-refractivity contribution in [1.29, 1.82) is 0 Å². The number of methoxy groups -OCH3 is 1. The Labute approximate surface area is 276 Å². The van der Waals surface area contributed by atoms with Gasteiger partial charge in [-0.05, 0) is 116 Å². The Hall–Kier alpha value is -5.70. The van der Waals surface area contributed by atoms with Crippen molar-refractivity contribution in [1.82, 2.24) is 0 Å². The van der Waals surface area contributed by atoms with Crippen LogP contribution in [0.1, 0.15) is 62.3 Å². The van der Waals surface area contributed by atoms with Crippen LogP contribution >= 0.6 is 0 Å². The molecule has 7 rings (SSSR count). The number of ether oxygens (including phenoxy) is 3. The summed E-state index contributed by atoms with van der Waals surface area (Å²) in [4.78, 5) is 57.3. The molecule has 48 heavy (non-hydrogen) atoms. The summed E-state index contributed by atoms with van der Waals surface area (Å²) in [7, 11) is 1.56. The Balaban J connectivity index is 1.46. The van der Waals surface area contributed by atoms with Crippen molar-refractivity contribution in [3.05, 3.63) is 90.0 Å². The third-order valence-corrected chi connectivity index (χ3v) is 8.35. The molecule has 0 aliphatic carbocycles. The van der Waals surface area contributed by atoms with Crippen LogP contribution in [0.2, 0.25) is 0 Å². The maximum absolute atomic E-state index is 14.0. The lowest BCUT2D eigenvalue weighted by Gasteiger charge is -2.30. The second-order valence-electron chi connectivity index (χ2n) is 13.9. The third-order valence-electron chi connectivity index (χ3n) is 8.35. The molecule has 0 bridgehead atoms. The van der Waals surface area contributed by atoms with Gasteiger partial charge in [-0.3, -0.25) is 9.59 Å². The highest BCUT2D eigenvalue weighted by molar-refractivity contribution is 6.42. The van der Waals surface area contributed by atoms with Crippen molar-refractivity contribution in [2.75, 3.05) is 16.9 Å². The monoisotopic (exact) mass is 642 g/mol. The number of carbonyl (C=O) groups is 4. The maximum atomic E-state index is 14.0. The molecule has 1 aliphatic rings. The standard InChI is InChI=1S/C39H34N2O7/c1-38(2,3)47-36(44)41(37(45)48-39(4,5)6)30-20-19-24-26-16-18-29-33-28(17-15-25(32(26)33)23-9-8-10-27(30)31(23)24)34(42)40(35(29)43)21-11-13-22(46-7)14-12-21/h8-20H,1-7H3. The summed E-state index contributed by atoms with van der Waals surface area (Å²) >= 11 is 0. The first-order valence-electron chi connectivity index (χ1n) is 15.6. The van der Waals surface area contributed by atoms with Gasteiger partial charge in [0.25, 0.3) is 11.8 Å². The van der Waals surface area contributed by atoms with Crippen molar-refractivity contribution < 1.29 is 33.4 Å². The van der Waals surface area contributed by atoms with Crippen LogP contribution in [0.4, 0.5) is 21.0 Å². The van der Waals surface area contributed by atoms with Crippen molar-refractivity contribution >= 4 is 78.5 Å². The molecule has 0 fully saturated rings. The number of nitrogens with zero attached hydrogens (tertiary/aromatic N) is 2. The van der Waals surface area contributed by atoms with Gasteiger partial charge in [-0.25, -0.2) is 14.5 Å². The zero-order valence-electron chi connectivity index (χ0n) is 27.8. The molecule has 0 atom stereocenters. The summed E-state index contributed by atoms with van der Waals surface area (Å²) in [6, 6.07) is 23.4. The van der Waals surface area contributed by atoms with Crippen LogP contribution in [0.25, 0.3) is 43.1 Å². The molecule has 0 unspecified atom stereocenters. The fraction of sp³-hybridized carbons (Fsp3) is 0.231. The number of carbonyl (C=O) groups excluding carboxylic acids is 4. The molecule has 4 amide bonds. The van der Waals surface area contributed by atoms with Crippen LogP contribution in [0.3, 0.4) is 0 Å². The highest BCUT2D eigenvalue weighted by Crippen LogP contribution is 2.46. The number of benzene rings is 6. The van der Waals surface area contributed by atoms with Gasteiger partial charge in [0.1, 0.15) is 17.0 Å². The third kappa shape index (κ3) is 4.85. The molecule has 6 aromatic carbocycles. The van der Waals surface area contributed by atoms with Gasteiger partial charge in [-0.1, -0.05) is 36.4 Å². The van der Waals surface area contributed by atoms with Gasteiger partial charge in [-0.2, -0.15) is 4.90 Å². The van der Waals surface area contributed by atoms with Crippen LogP contribution in [0, 0.1) is 0 Å². The number of hydrogen-bond donors (Lipinski definition) is 0. The normalized spacial score (nSPS) is 13.5. The summed E-state index contributed by atoms with van der Waals surface area (Å²) in [5.74, 6) is -0.206. The minimum Gasteiger partial charge on any atom is -0.497 e. The van der Waals surface area contributed by atoms with E-state index in [2.05, 4.69) is 0 Å². The molecule has 0 spiro atoms. The van der Waals surface area contributed by atoms with Gasteiger partial charge >= 0.3 is 12.2 Å². The lowest BCUT2D eigenvalue weighted by molar-refractivity contribution is 0.0430. The molecule has 1 heterocycles. The zero-order chi connectivity index (χ0) is 34.3. The summed E-state index contributed by atoms with van der Waals surface area (Å²) in [5.41, 5.74) is -0.114. The Morgan fingerprint density at radius 1 is 0.583 bits per heavy atom. The van der Waals surface area contributed by atoms with E-state index in [1.807, 2.05) is 36.4 Å². The van der Waals surface area contributed by atoms with Crippen molar-refractivity contribution in [3.63, 3.8) is 0 Å². The number of rotatable bonds is 3. The smallest absolute Gasteiger partial charge is 0.424 e. The van der Waals surface area contributed by atoms with E-state index in [0.717, 1.165) is 37.2 Å². The van der Waals surface area contributed by atoms with Gasteiger partial charge in [0.2, 0.25) is 0 Å². The summed E-state index contributed by atoms with van der Waals surface area (Å²) in [5, 5.41) is 6.19. The Kier molecular flexibility index (Phi) is 6.87. The molecule has 0 saturated carbocycles. The Morgan fingerprint density at radius 2 is 1.06 bits per heavy atom. The highest BCUT2D eigenvalue weighted by Gasteiger charge is 2.37. The molecule has 0 radical (unpaired) electrons. The second-order valence-corrected chi connectivity index (χ2v) is 13.9. The molecule has 9 nitrogen and oxygen atoms in total. The SMILES string of the molecule is COc1ccc(N2C(=O)c3ccc4c5cccc6c(N(C(=O)OC(C)(C)C)C(=O)OC(C)(C)C)ccc(c7ccc(c3c47)C2=O)c65)cc1. The van der Waals surface area contributed by atoms with Crippen molar-refractivity contribution in [3.8, 4) is 5.75 Å². The molecule has 242 valence electrons. The van der Waals surface area contributed by atoms with Crippen LogP contribution in [0.15, 0.2) is 78.9 Å². The van der Waals surface area contributed by atoms with E-state index in [0.29, 0.717) is 39.0 Å². The number of hydrogen-bond acceptors (Lipinski definition) is 7. The van der Waals surface area contributed by atoms with E-state index < -0.39 is 35.2 Å². The minimum absolute atomic E-state index is 0.314. The summed E-state index contributed by atoms with van der Waals surface area (Å²) in [6.45, 7) is 10.4. The molecule has 6 aromatic rings. The van der Waals surface area contributed by atoms with Gasteiger partial charge in [-0.15, -0.1) is 0 Å². The Bertz CT molecular complexity index is 2230. The first kappa shape index (κ1) is 30.9. The molecule has 0 N–H and O–H groups in total. The molecular formula is C39H34N2O7. The summed E-state index contributed by atoms with van der Waals surface area (Å²) in [6.07, 6.45) is -1.71. The Morgan fingerprint density at radius 3 is 1.58 bits per heavy atom. The number of imide groups is 2. The fourth-order valence-electron chi connectivity index (χ4n) is 6.52. The predicted octanol–water partition coefficient (Wildman–Crippen LogP) is 9.22. The lowest BCUT2D eigenvalue weighted by Crippen LogP contribution is -2.43. The molecular weight excluding hydrogens is 608 g/mol. The summed E-state index contributed by atoms with van der Waals surface area (Å²) < 4.78 is 16.6. The first-order chi connectivity index (χ1) is 22.7. The van der Waals surface area contributed by atoms with Gasteiger partial charge < -0.3 is 14.2 Å². The van der Waals surface area contributed by atoms with Gasteiger partial charge in [0.15, 0.2) is 0 Å². The molecule has 0 saturated heterocycles. The zero-order valence-corrected chi connectivity index (χ0v) is 27.8. The van der Waals surface area contributed by atoms with Crippen LogP contribution in [0.5, 0.6) is 5.75 Å². The second kappa shape index (κ2) is 10.7. The molecule has 9 heteroatoms.